The first-order valence-corrected chi connectivity index (χ1v) is 9.58. The highest BCUT2D eigenvalue weighted by Gasteiger charge is 2.13. The molecule has 4 rings (SSSR count). The summed E-state index contributed by atoms with van der Waals surface area (Å²) in [6.07, 6.45) is 0. The molecule has 0 aliphatic heterocycles. The molecular weight excluding hydrogens is 400 g/mol. The second-order valence-corrected chi connectivity index (χ2v) is 7.28. The molecule has 6 nitrogen and oxygen atoms in total. The number of carbonyl (C=O) groups excluding carboxylic acids is 1. The smallest absolute Gasteiger partial charge is 0.255 e. The molecule has 3 aromatic carbocycles. The van der Waals surface area contributed by atoms with Crippen LogP contribution in [0.1, 0.15) is 27.3 Å². The quantitative estimate of drug-likeness (QED) is 0.496. The molecule has 0 saturated heterocycles. The van der Waals surface area contributed by atoms with Crippen LogP contribution in [0.15, 0.2) is 60.7 Å². The number of aromatic nitrogens is 2. The predicted molar refractivity (Wildman–Crippen MR) is 116 cm³/mol. The zero-order valence-corrected chi connectivity index (χ0v) is 16.8. The van der Waals surface area contributed by atoms with Crippen LogP contribution in [-0.2, 0) is 6.54 Å². The van der Waals surface area contributed by atoms with Gasteiger partial charge in [0.15, 0.2) is 0 Å². The Morgan fingerprint density at radius 3 is 2.80 bits per heavy atom. The summed E-state index contributed by atoms with van der Waals surface area (Å²) in [4.78, 5) is 17.2. The van der Waals surface area contributed by atoms with Crippen molar-refractivity contribution in [2.45, 2.75) is 13.5 Å². The van der Waals surface area contributed by atoms with Gasteiger partial charge >= 0.3 is 0 Å². The van der Waals surface area contributed by atoms with Crippen LogP contribution >= 0.6 is 11.6 Å². The molecule has 0 aliphatic rings. The lowest BCUT2D eigenvalue weighted by Crippen LogP contribution is -2.12. The first-order chi connectivity index (χ1) is 14.4. The van der Waals surface area contributed by atoms with Gasteiger partial charge in [0.05, 0.1) is 29.2 Å². The summed E-state index contributed by atoms with van der Waals surface area (Å²) < 4.78 is 2.07. The minimum atomic E-state index is -0.431. The molecule has 0 atom stereocenters. The van der Waals surface area contributed by atoms with Gasteiger partial charge in [-0.1, -0.05) is 23.7 Å². The number of aryl methyl sites for hydroxylation is 1. The Hall–Kier alpha value is -3.82. The van der Waals surface area contributed by atoms with Crippen molar-refractivity contribution in [2.24, 2.45) is 0 Å². The van der Waals surface area contributed by atoms with Crippen molar-refractivity contribution in [3.05, 3.63) is 88.2 Å². The van der Waals surface area contributed by atoms with Crippen molar-refractivity contribution in [3.8, 4) is 11.8 Å². The molecule has 148 valence electrons. The predicted octanol–water partition coefficient (Wildman–Crippen LogP) is 4.88. The molecule has 1 amide bonds. The van der Waals surface area contributed by atoms with Crippen molar-refractivity contribution < 1.29 is 9.90 Å². The van der Waals surface area contributed by atoms with E-state index in [1.54, 1.807) is 12.1 Å². The summed E-state index contributed by atoms with van der Waals surface area (Å²) in [5.74, 6) is 0.295. The standard InChI is InChI=1S/C23H17ClN4O2/c1-14-26-21-4-2-3-5-22(21)28(14)13-17-10-18(6-7-20(17)24)27-23(30)16-8-15(12-25)9-19(29)11-16/h2-11,29H,13H2,1H3,(H,27,30). The number of para-hydroxylation sites is 2. The van der Waals surface area contributed by atoms with Gasteiger partial charge in [0, 0.05) is 16.3 Å². The molecule has 0 unspecified atom stereocenters. The van der Waals surface area contributed by atoms with Gasteiger partial charge in [0.2, 0.25) is 0 Å². The highest BCUT2D eigenvalue weighted by Crippen LogP contribution is 2.25. The van der Waals surface area contributed by atoms with Crippen LogP contribution in [0.25, 0.3) is 11.0 Å². The van der Waals surface area contributed by atoms with Gasteiger partial charge in [-0.15, -0.1) is 0 Å². The maximum absolute atomic E-state index is 12.6. The average Bonchev–Trinajstić information content (AvgIpc) is 3.05. The van der Waals surface area contributed by atoms with Crippen LogP contribution in [0.4, 0.5) is 5.69 Å². The van der Waals surface area contributed by atoms with Crippen LogP contribution in [0.5, 0.6) is 5.75 Å². The second-order valence-electron chi connectivity index (χ2n) is 6.87. The number of nitriles is 1. The minimum absolute atomic E-state index is 0.140. The van der Waals surface area contributed by atoms with E-state index in [9.17, 15) is 9.90 Å². The molecule has 7 heteroatoms. The number of fused-ring (bicyclic) bond motifs is 1. The van der Waals surface area contributed by atoms with Crippen molar-refractivity contribution in [2.75, 3.05) is 5.32 Å². The summed E-state index contributed by atoms with van der Waals surface area (Å²) >= 11 is 6.42. The lowest BCUT2D eigenvalue weighted by atomic mass is 10.1. The SMILES string of the molecule is Cc1nc2ccccc2n1Cc1cc(NC(=O)c2cc(O)cc(C#N)c2)ccc1Cl. The number of imidazole rings is 1. The van der Waals surface area contributed by atoms with Gasteiger partial charge in [-0.2, -0.15) is 5.26 Å². The van der Waals surface area contributed by atoms with Gasteiger partial charge in [-0.3, -0.25) is 4.79 Å². The molecule has 0 saturated carbocycles. The summed E-state index contributed by atoms with van der Waals surface area (Å²) in [5, 5.41) is 22.1. The van der Waals surface area contributed by atoms with E-state index >= 15 is 0 Å². The number of benzene rings is 3. The number of hydrogen-bond donors (Lipinski definition) is 2. The average molecular weight is 417 g/mol. The van der Waals surface area contributed by atoms with Crippen LogP contribution in [-0.4, -0.2) is 20.6 Å². The maximum Gasteiger partial charge on any atom is 0.255 e. The van der Waals surface area contributed by atoms with Gasteiger partial charge in [0.25, 0.3) is 5.91 Å². The lowest BCUT2D eigenvalue weighted by molar-refractivity contribution is 0.102. The Morgan fingerprint density at radius 1 is 1.20 bits per heavy atom. The van der Waals surface area contributed by atoms with E-state index in [1.807, 2.05) is 43.3 Å². The zero-order valence-electron chi connectivity index (χ0n) is 16.1. The van der Waals surface area contributed by atoms with Gasteiger partial charge in [-0.05, 0) is 61.0 Å². The van der Waals surface area contributed by atoms with E-state index in [2.05, 4.69) is 14.9 Å². The minimum Gasteiger partial charge on any atom is -0.508 e. The lowest BCUT2D eigenvalue weighted by Gasteiger charge is -2.12. The first kappa shape index (κ1) is 19.5. The largest absolute Gasteiger partial charge is 0.508 e. The van der Waals surface area contributed by atoms with Gasteiger partial charge in [-0.25, -0.2) is 4.98 Å². The first-order valence-electron chi connectivity index (χ1n) is 9.20. The fraction of sp³-hybridized carbons (Fsp3) is 0.0870. The van der Waals surface area contributed by atoms with Crippen LogP contribution in [0.2, 0.25) is 5.02 Å². The molecule has 4 aromatic rings. The van der Waals surface area contributed by atoms with Gasteiger partial charge in [0.1, 0.15) is 11.6 Å². The number of nitrogens with zero attached hydrogens (tertiary/aromatic N) is 3. The normalized spacial score (nSPS) is 10.7. The molecule has 0 spiro atoms. The highest BCUT2D eigenvalue weighted by molar-refractivity contribution is 6.31. The fourth-order valence-electron chi connectivity index (χ4n) is 3.35. The Balaban J connectivity index is 1.62. The number of aromatic hydroxyl groups is 1. The van der Waals surface area contributed by atoms with Crippen molar-refractivity contribution in [3.63, 3.8) is 0 Å². The molecule has 0 radical (unpaired) electrons. The molecule has 1 aromatic heterocycles. The third-order valence-corrected chi connectivity index (χ3v) is 5.16. The van der Waals surface area contributed by atoms with Gasteiger partial charge < -0.3 is 15.0 Å². The molecular formula is C23H17ClN4O2. The molecule has 2 N–H and O–H groups in total. The Kier molecular flexibility index (Phi) is 5.13. The number of halogens is 1. The van der Waals surface area contributed by atoms with E-state index in [1.165, 1.54) is 18.2 Å². The van der Waals surface area contributed by atoms with E-state index in [4.69, 9.17) is 16.9 Å². The maximum atomic E-state index is 12.6. The summed E-state index contributed by atoms with van der Waals surface area (Å²) in [6, 6.07) is 19.1. The number of hydrogen-bond acceptors (Lipinski definition) is 4. The number of phenolic OH excluding ortho intramolecular Hbond substituents is 1. The van der Waals surface area contributed by atoms with Crippen LogP contribution in [0.3, 0.4) is 0 Å². The van der Waals surface area contributed by atoms with Crippen molar-refractivity contribution in [1.29, 1.82) is 5.26 Å². The third-order valence-electron chi connectivity index (χ3n) is 4.79. The molecule has 0 bridgehead atoms. The van der Waals surface area contributed by atoms with E-state index in [0.29, 0.717) is 17.3 Å². The molecule has 0 fully saturated rings. The zero-order chi connectivity index (χ0) is 21.3. The Bertz CT molecular complexity index is 1320. The molecule has 1 heterocycles. The number of phenols is 1. The van der Waals surface area contributed by atoms with Crippen LogP contribution in [0, 0.1) is 18.3 Å². The highest BCUT2D eigenvalue weighted by atomic mass is 35.5. The Labute approximate surface area is 178 Å². The van der Waals surface area contributed by atoms with E-state index < -0.39 is 5.91 Å². The summed E-state index contributed by atoms with van der Waals surface area (Å²) in [7, 11) is 0. The monoisotopic (exact) mass is 416 g/mol. The number of nitrogens with one attached hydrogen (secondary N) is 1. The second kappa shape index (κ2) is 7.90. The number of carbonyl (C=O) groups is 1. The summed E-state index contributed by atoms with van der Waals surface area (Å²) in [5.41, 5.74) is 3.70. The number of rotatable bonds is 4. The Morgan fingerprint density at radius 2 is 2.00 bits per heavy atom. The summed E-state index contributed by atoms with van der Waals surface area (Å²) in [6.45, 7) is 2.44. The van der Waals surface area contributed by atoms with E-state index in [0.717, 1.165) is 22.4 Å². The fourth-order valence-corrected chi connectivity index (χ4v) is 3.53. The molecule has 0 aliphatic carbocycles. The van der Waals surface area contributed by atoms with Crippen molar-refractivity contribution in [1.82, 2.24) is 9.55 Å². The number of anilines is 1. The van der Waals surface area contributed by atoms with E-state index in [-0.39, 0.29) is 16.9 Å². The van der Waals surface area contributed by atoms with Crippen LogP contribution < -0.4 is 5.32 Å². The molecule has 30 heavy (non-hydrogen) atoms. The van der Waals surface area contributed by atoms with Crippen molar-refractivity contribution >= 4 is 34.2 Å². The third kappa shape index (κ3) is 3.84. The topological polar surface area (TPSA) is 90.9 Å². The number of amides is 1.